The molecule has 1 N–H and O–H groups in total. The van der Waals surface area contributed by atoms with Crippen molar-refractivity contribution in [3.63, 3.8) is 0 Å². The van der Waals surface area contributed by atoms with Gasteiger partial charge < -0.3 is 5.32 Å². The summed E-state index contributed by atoms with van der Waals surface area (Å²) in [5.41, 5.74) is -0.262. The van der Waals surface area contributed by atoms with Gasteiger partial charge in [0.2, 0.25) is 0 Å². The lowest BCUT2D eigenvalue weighted by Gasteiger charge is -2.12. The Labute approximate surface area is 85.3 Å². The largest absolute Gasteiger partial charge is 0.417 e. The Kier molecular flexibility index (Phi) is 2.89. The van der Waals surface area contributed by atoms with Crippen molar-refractivity contribution in [2.24, 2.45) is 0 Å². The monoisotopic (exact) mass is 214 g/mol. The average Bonchev–Trinajstić information content (AvgIpc) is 2.15. The molecule has 0 heterocycles. The van der Waals surface area contributed by atoms with Crippen LogP contribution in [-0.2, 0) is 6.18 Å². The van der Waals surface area contributed by atoms with E-state index in [9.17, 15) is 13.2 Å². The third-order valence-corrected chi connectivity index (χ3v) is 2.06. The third kappa shape index (κ3) is 2.21. The first kappa shape index (κ1) is 11.4. The molecule has 0 saturated carbocycles. The van der Waals surface area contributed by atoms with Gasteiger partial charge in [-0.05, 0) is 24.6 Å². The fourth-order valence-corrected chi connectivity index (χ4v) is 1.30. The predicted octanol–water partition coefficient (Wildman–Crippen LogP) is 2.93. The fraction of sp³-hybridized carbons (Fsp3) is 0.300. The quantitative estimate of drug-likeness (QED) is 0.780. The Balaban J connectivity index is 3.44. The number of benzene rings is 1. The van der Waals surface area contributed by atoms with E-state index in [1.165, 1.54) is 13.1 Å². The molecule has 0 aliphatic carbocycles. The van der Waals surface area contributed by atoms with E-state index in [4.69, 9.17) is 5.26 Å². The van der Waals surface area contributed by atoms with Crippen molar-refractivity contribution in [3.8, 4) is 6.07 Å². The van der Waals surface area contributed by atoms with Crippen molar-refractivity contribution in [1.82, 2.24) is 0 Å². The van der Waals surface area contributed by atoms with Crippen molar-refractivity contribution < 1.29 is 13.2 Å². The minimum atomic E-state index is -4.50. The van der Waals surface area contributed by atoms with Crippen LogP contribution in [0.25, 0.3) is 0 Å². The van der Waals surface area contributed by atoms with E-state index < -0.39 is 11.7 Å². The van der Waals surface area contributed by atoms with Crippen LogP contribution in [0.2, 0.25) is 0 Å². The van der Waals surface area contributed by atoms with E-state index in [0.29, 0.717) is 11.3 Å². The number of nitrogens with one attached hydrogen (secondary N) is 1. The van der Waals surface area contributed by atoms with E-state index in [2.05, 4.69) is 5.32 Å². The molecule has 0 aliphatic rings. The lowest BCUT2D eigenvalue weighted by molar-refractivity contribution is -0.137. The second-order valence-corrected chi connectivity index (χ2v) is 3.07. The summed E-state index contributed by atoms with van der Waals surface area (Å²) in [6, 6.07) is 3.73. The number of aryl methyl sites for hydroxylation is 1. The summed E-state index contributed by atoms with van der Waals surface area (Å²) in [6.07, 6.45) is -4.50. The normalized spacial score (nSPS) is 10.9. The zero-order valence-electron chi connectivity index (χ0n) is 8.24. The van der Waals surface area contributed by atoms with Gasteiger partial charge in [0.25, 0.3) is 0 Å². The van der Waals surface area contributed by atoms with Crippen molar-refractivity contribution in [1.29, 1.82) is 5.26 Å². The highest BCUT2D eigenvalue weighted by molar-refractivity contribution is 5.58. The first-order chi connectivity index (χ1) is 6.90. The van der Waals surface area contributed by atoms with Crippen molar-refractivity contribution in [2.75, 3.05) is 12.4 Å². The zero-order chi connectivity index (χ0) is 11.6. The van der Waals surface area contributed by atoms with Gasteiger partial charge in [-0.2, -0.15) is 18.4 Å². The maximum atomic E-state index is 12.5. The van der Waals surface area contributed by atoms with Crippen LogP contribution in [0.5, 0.6) is 0 Å². The summed E-state index contributed by atoms with van der Waals surface area (Å²) < 4.78 is 37.5. The molecule has 0 atom stereocenters. The average molecular weight is 214 g/mol. The van der Waals surface area contributed by atoms with E-state index in [0.717, 1.165) is 6.07 Å². The second-order valence-electron chi connectivity index (χ2n) is 3.07. The van der Waals surface area contributed by atoms with Gasteiger partial charge in [0.05, 0.1) is 17.2 Å². The Bertz CT molecular complexity index is 416. The van der Waals surface area contributed by atoms with Crippen LogP contribution in [0.4, 0.5) is 18.9 Å². The molecule has 2 nitrogen and oxygen atoms in total. The van der Waals surface area contributed by atoms with E-state index in [-0.39, 0.29) is 5.56 Å². The molecule has 15 heavy (non-hydrogen) atoms. The van der Waals surface area contributed by atoms with Gasteiger partial charge >= 0.3 is 6.18 Å². The predicted molar refractivity (Wildman–Crippen MR) is 50.4 cm³/mol. The zero-order valence-corrected chi connectivity index (χ0v) is 8.24. The number of hydrogen-bond acceptors (Lipinski definition) is 2. The van der Waals surface area contributed by atoms with Crippen LogP contribution in [0, 0.1) is 18.3 Å². The van der Waals surface area contributed by atoms with Gasteiger partial charge in [0.15, 0.2) is 0 Å². The molecule has 5 heteroatoms. The summed E-state index contributed by atoms with van der Waals surface area (Å²) in [5, 5.41) is 11.2. The van der Waals surface area contributed by atoms with E-state index in [1.807, 2.05) is 0 Å². The highest BCUT2D eigenvalue weighted by Gasteiger charge is 2.34. The van der Waals surface area contributed by atoms with Gasteiger partial charge in [-0.25, -0.2) is 0 Å². The molecule has 0 aromatic heterocycles. The van der Waals surface area contributed by atoms with Crippen LogP contribution < -0.4 is 5.32 Å². The molecular weight excluding hydrogens is 205 g/mol. The van der Waals surface area contributed by atoms with Crippen LogP contribution >= 0.6 is 0 Å². The summed E-state index contributed by atoms with van der Waals surface area (Å²) in [6.45, 7) is 1.65. The number of halogens is 3. The first-order valence-electron chi connectivity index (χ1n) is 4.20. The van der Waals surface area contributed by atoms with Crippen LogP contribution in [-0.4, -0.2) is 7.05 Å². The molecule has 1 aromatic carbocycles. The van der Waals surface area contributed by atoms with E-state index in [1.54, 1.807) is 13.0 Å². The number of rotatable bonds is 1. The minimum absolute atomic E-state index is 0.348. The molecule has 0 fully saturated rings. The molecule has 0 bridgehead atoms. The highest BCUT2D eigenvalue weighted by atomic mass is 19.4. The van der Waals surface area contributed by atoms with E-state index >= 15 is 0 Å². The lowest BCUT2D eigenvalue weighted by atomic mass is 10.0. The van der Waals surface area contributed by atoms with Crippen molar-refractivity contribution in [3.05, 3.63) is 28.8 Å². The number of nitriles is 1. The van der Waals surface area contributed by atoms with Crippen LogP contribution in [0.15, 0.2) is 12.1 Å². The molecule has 0 aliphatic heterocycles. The lowest BCUT2D eigenvalue weighted by Crippen LogP contribution is -2.09. The molecule has 0 saturated heterocycles. The van der Waals surface area contributed by atoms with Crippen LogP contribution in [0.1, 0.15) is 16.7 Å². The van der Waals surface area contributed by atoms with Gasteiger partial charge in [-0.1, -0.05) is 0 Å². The summed E-state index contributed by atoms with van der Waals surface area (Å²) in [5.74, 6) is 0. The Morgan fingerprint density at radius 2 is 1.93 bits per heavy atom. The van der Waals surface area contributed by atoms with Crippen molar-refractivity contribution in [2.45, 2.75) is 13.1 Å². The summed E-state index contributed by atoms with van der Waals surface area (Å²) in [4.78, 5) is 0. The smallest absolute Gasteiger partial charge is 0.388 e. The minimum Gasteiger partial charge on any atom is -0.388 e. The Hall–Kier alpha value is -1.70. The summed E-state index contributed by atoms with van der Waals surface area (Å²) >= 11 is 0. The van der Waals surface area contributed by atoms with Gasteiger partial charge in [-0.3, -0.25) is 0 Å². The fourth-order valence-electron chi connectivity index (χ4n) is 1.30. The van der Waals surface area contributed by atoms with Gasteiger partial charge in [0.1, 0.15) is 0 Å². The van der Waals surface area contributed by atoms with Gasteiger partial charge in [-0.15, -0.1) is 0 Å². The first-order valence-corrected chi connectivity index (χ1v) is 4.20. The molecule has 80 valence electrons. The maximum Gasteiger partial charge on any atom is 0.417 e. The molecule has 0 amide bonds. The third-order valence-electron chi connectivity index (χ3n) is 2.06. The Morgan fingerprint density at radius 1 is 1.33 bits per heavy atom. The molecule has 1 rings (SSSR count). The number of hydrogen-bond donors (Lipinski definition) is 1. The van der Waals surface area contributed by atoms with Crippen molar-refractivity contribution >= 4 is 5.69 Å². The molecule has 0 spiro atoms. The highest BCUT2D eigenvalue weighted by Crippen LogP contribution is 2.34. The molecule has 0 radical (unpaired) electrons. The maximum absolute atomic E-state index is 12.5. The number of nitrogens with zero attached hydrogens (tertiary/aromatic N) is 1. The second kappa shape index (κ2) is 3.81. The standard InChI is InChI=1S/C10H9F3N2/c1-6-3-7(5-14)8(10(11,12)13)4-9(6)15-2/h3-4,15H,1-2H3. The topological polar surface area (TPSA) is 35.8 Å². The number of alkyl halides is 3. The molecular formula is C10H9F3N2. The van der Waals surface area contributed by atoms with Crippen LogP contribution in [0.3, 0.4) is 0 Å². The number of anilines is 1. The van der Waals surface area contributed by atoms with Gasteiger partial charge in [0, 0.05) is 12.7 Å². The SMILES string of the molecule is CNc1cc(C(F)(F)F)c(C#N)cc1C. The molecule has 1 aromatic rings. The Morgan fingerprint density at radius 3 is 2.33 bits per heavy atom. The summed E-state index contributed by atoms with van der Waals surface area (Å²) in [7, 11) is 1.54. The molecule has 0 unspecified atom stereocenters.